The van der Waals surface area contributed by atoms with Gasteiger partial charge in [-0.2, -0.15) is 18.3 Å². The first-order valence-corrected chi connectivity index (χ1v) is 11.3. The molecule has 5 nitrogen and oxygen atoms in total. The molecular weight excluding hydrogens is 427 g/mol. The minimum absolute atomic E-state index is 0.0982. The zero-order valence-corrected chi connectivity index (χ0v) is 19.7. The van der Waals surface area contributed by atoms with Crippen molar-refractivity contribution in [2.24, 2.45) is 5.73 Å². The van der Waals surface area contributed by atoms with Gasteiger partial charge in [-0.3, -0.25) is 4.68 Å². The topological polar surface area (TPSA) is 82.8 Å². The quantitative estimate of drug-likeness (QED) is 0.449. The maximum Gasteiger partial charge on any atom is 0.433 e. The van der Waals surface area contributed by atoms with Crippen molar-refractivity contribution in [3.8, 4) is 0 Å². The minimum Gasteiger partial charge on any atom is -0.398 e. The minimum atomic E-state index is -4.47. The lowest BCUT2D eigenvalue weighted by Crippen LogP contribution is -2.09. The molecule has 1 fully saturated rings. The van der Waals surface area contributed by atoms with Crippen molar-refractivity contribution in [1.82, 2.24) is 14.8 Å². The standard InChI is InChI=1S/C11H9F3N2.C8H13N3.C6H12/c1-6-2-3-9-7(4-6)8(15)5-10(16-9)11(12,13)14;1-4-11-8(7(3)9)5-6(2)10-11;1-2-4-6-5-3-1/h2-5H,1H3,(H2,15,16);5H,3-4,9H2,1-2H3;1-6H2. The zero-order valence-electron chi connectivity index (χ0n) is 19.7. The molecule has 1 aliphatic rings. The molecule has 1 aliphatic carbocycles. The normalized spacial score (nSPS) is 13.5. The van der Waals surface area contributed by atoms with Crippen LogP contribution in [0.25, 0.3) is 16.6 Å². The van der Waals surface area contributed by atoms with Crippen LogP contribution in [-0.2, 0) is 12.7 Å². The summed E-state index contributed by atoms with van der Waals surface area (Å²) in [5.41, 5.74) is 13.9. The lowest BCUT2D eigenvalue weighted by Gasteiger charge is -2.09. The van der Waals surface area contributed by atoms with Gasteiger partial charge in [-0.25, -0.2) is 4.98 Å². The SMILES string of the molecule is C1CCCCC1.C=C(N)c1cc(C)nn1CC.Cc1ccc2nc(C(F)(F)F)cc(N)c2c1. The van der Waals surface area contributed by atoms with Crippen LogP contribution >= 0.6 is 0 Å². The molecule has 33 heavy (non-hydrogen) atoms. The monoisotopic (exact) mass is 461 g/mol. The number of alkyl halides is 3. The summed E-state index contributed by atoms with van der Waals surface area (Å²) in [5.74, 6) is 0. The van der Waals surface area contributed by atoms with Gasteiger partial charge in [0.25, 0.3) is 0 Å². The summed E-state index contributed by atoms with van der Waals surface area (Å²) >= 11 is 0. The third-order valence-electron chi connectivity index (χ3n) is 5.32. The van der Waals surface area contributed by atoms with Gasteiger partial charge in [-0.05, 0) is 45.0 Å². The number of nitrogens with zero attached hydrogens (tertiary/aromatic N) is 3. The molecule has 0 amide bonds. The van der Waals surface area contributed by atoms with Crippen molar-refractivity contribution in [2.75, 3.05) is 5.73 Å². The van der Waals surface area contributed by atoms with Crippen LogP contribution in [0.15, 0.2) is 36.9 Å². The first kappa shape index (κ1) is 26.2. The number of pyridine rings is 1. The molecule has 4 rings (SSSR count). The second kappa shape index (κ2) is 11.7. The van der Waals surface area contributed by atoms with Crippen molar-refractivity contribution in [2.45, 2.75) is 72.0 Å². The van der Waals surface area contributed by atoms with E-state index in [1.807, 2.05) is 31.5 Å². The van der Waals surface area contributed by atoms with E-state index in [-0.39, 0.29) is 11.2 Å². The van der Waals surface area contributed by atoms with Crippen LogP contribution < -0.4 is 11.5 Å². The lowest BCUT2D eigenvalue weighted by molar-refractivity contribution is -0.140. The third-order valence-corrected chi connectivity index (χ3v) is 5.32. The number of aromatic nitrogens is 3. The maximum atomic E-state index is 12.5. The predicted molar refractivity (Wildman–Crippen MR) is 129 cm³/mol. The molecule has 1 saturated carbocycles. The summed E-state index contributed by atoms with van der Waals surface area (Å²) in [6.07, 6.45) is 4.53. The van der Waals surface area contributed by atoms with Gasteiger partial charge in [0, 0.05) is 23.3 Å². The highest BCUT2D eigenvalue weighted by Crippen LogP contribution is 2.32. The molecule has 1 aromatic carbocycles. The van der Waals surface area contributed by atoms with Gasteiger partial charge in [-0.15, -0.1) is 0 Å². The fraction of sp³-hybridized carbons (Fsp3) is 0.440. The molecule has 0 atom stereocenters. The van der Waals surface area contributed by atoms with Crippen LogP contribution in [0.1, 0.15) is 68.1 Å². The van der Waals surface area contributed by atoms with E-state index in [9.17, 15) is 13.2 Å². The molecule has 8 heteroatoms. The average Bonchev–Trinajstić information content (AvgIpc) is 3.17. The number of hydrogen-bond donors (Lipinski definition) is 2. The molecule has 2 aromatic heterocycles. The van der Waals surface area contributed by atoms with E-state index in [0.29, 0.717) is 11.1 Å². The molecule has 0 bridgehead atoms. The van der Waals surface area contributed by atoms with Crippen LogP contribution in [0, 0.1) is 13.8 Å². The van der Waals surface area contributed by atoms with Crippen molar-refractivity contribution >= 4 is 22.3 Å². The lowest BCUT2D eigenvalue weighted by atomic mass is 10.0. The van der Waals surface area contributed by atoms with Gasteiger partial charge in [0.1, 0.15) is 5.69 Å². The predicted octanol–water partition coefficient (Wildman–Crippen LogP) is 6.63. The van der Waals surface area contributed by atoms with Crippen LogP contribution in [0.2, 0.25) is 0 Å². The summed E-state index contributed by atoms with van der Waals surface area (Å²) in [4.78, 5) is 3.54. The molecular formula is C25H34F3N5. The van der Waals surface area contributed by atoms with Gasteiger partial charge in [0.15, 0.2) is 0 Å². The van der Waals surface area contributed by atoms with E-state index < -0.39 is 11.9 Å². The highest BCUT2D eigenvalue weighted by Gasteiger charge is 2.33. The number of fused-ring (bicyclic) bond motifs is 1. The molecule has 2 heterocycles. The number of halogens is 3. The van der Waals surface area contributed by atoms with Gasteiger partial charge in [0.2, 0.25) is 0 Å². The van der Waals surface area contributed by atoms with Crippen molar-refractivity contribution in [3.05, 3.63) is 59.6 Å². The largest absolute Gasteiger partial charge is 0.433 e. The Bertz CT molecular complexity index is 1050. The molecule has 0 unspecified atom stereocenters. The first-order chi connectivity index (χ1) is 15.5. The highest BCUT2D eigenvalue weighted by atomic mass is 19.4. The molecule has 0 aliphatic heterocycles. The van der Waals surface area contributed by atoms with Crippen LogP contribution in [0.3, 0.4) is 0 Å². The zero-order chi connectivity index (χ0) is 24.6. The van der Waals surface area contributed by atoms with E-state index in [2.05, 4.69) is 16.7 Å². The fourth-order valence-electron chi connectivity index (χ4n) is 3.62. The fourth-order valence-corrected chi connectivity index (χ4v) is 3.62. The molecule has 180 valence electrons. The Balaban J connectivity index is 0.000000195. The smallest absolute Gasteiger partial charge is 0.398 e. The van der Waals surface area contributed by atoms with E-state index >= 15 is 0 Å². The Morgan fingerprint density at radius 3 is 2.06 bits per heavy atom. The van der Waals surface area contributed by atoms with E-state index in [0.717, 1.165) is 29.6 Å². The van der Waals surface area contributed by atoms with E-state index in [1.165, 1.54) is 44.6 Å². The molecule has 4 N–H and O–H groups in total. The Kier molecular flexibility index (Phi) is 9.32. The van der Waals surface area contributed by atoms with E-state index in [1.54, 1.807) is 12.1 Å². The second-order valence-corrected chi connectivity index (χ2v) is 8.25. The number of aryl methyl sites for hydroxylation is 3. The Morgan fingerprint density at radius 2 is 1.61 bits per heavy atom. The average molecular weight is 462 g/mol. The number of benzene rings is 1. The van der Waals surface area contributed by atoms with Crippen molar-refractivity contribution in [3.63, 3.8) is 0 Å². The summed E-state index contributed by atoms with van der Waals surface area (Å²) in [6, 6.07) is 7.76. The summed E-state index contributed by atoms with van der Waals surface area (Å²) < 4.78 is 39.2. The molecule has 0 radical (unpaired) electrons. The second-order valence-electron chi connectivity index (χ2n) is 8.25. The third kappa shape index (κ3) is 7.80. The van der Waals surface area contributed by atoms with Gasteiger partial charge in [-0.1, -0.05) is 56.7 Å². The number of nitrogen functional groups attached to an aromatic ring is 1. The van der Waals surface area contributed by atoms with Gasteiger partial charge >= 0.3 is 6.18 Å². The molecule has 0 saturated heterocycles. The Hall–Kier alpha value is -3.03. The summed E-state index contributed by atoms with van der Waals surface area (Å²) in [7, 11) is 0. The maximum absolute atomic E-state index is 12.5. The number of anilines is 1. The molecule has 3 aromatic rings. The first-order valence-electron chi connectivity index (χ1n) is 11.3. The van der Waals surface area contributed by atoms with Crippen molar-refractivity contribution in [1.29, 1.82) is 0 Å². The van der Waals surface area contributed by atoms with Gasteiger partial charge < -0.3 is 11.5 Å². The van der Waals surface area contributed by atoms with E-state index in [4.69, 9.17) is 11.5 Å². The summed E-state index contributed by atoms with van der Waals surface area (Å²) in [6.45, 7) is 10.3. The molecule has 0 spiro atoms. The van der Waals surface area contributed by atoms with Crippen LogP contribution in [-0.4, -0.2) is 14.8 Å². The Labute approximate surface area is 193 Å². The van der Waals surface area contributed by atoms with Crippen molar-refractivity contribution < 1.29 is 13.2 Å². The highest BCUT2D eigenvalue weighted by molar-refractivity contribution is 5.90. The summed E-state index contributed by atoms with van der Waals surface area (Å²) in [5, 5.41) is 4.78. The van der Waals surface area contributed by atoms with Crippen LogP contribution in [0.5, 0.6) is 0 Å². The number of rotatable bonds is 2. The number of hydrogen-bond acceptors (Lipinski definition) is 4. The number of nitrogens with two attached hydrogens (primary N) is 2. The van der Waals surface area contributed by atoms with Gasteiger partial charge in [0.05, 0.1) is 16.9 Å². The van der Waals surface area contributed by atoms with Crippen LogP contribution in [0.4, 0.5) is 18.9 Å². The Morgan fingerprint density at radius 1 is 1.03 bits per heavy atom.